The number of allylic oxidation sites excluding steroid dienone is 2. The molecule has 25 heavy (non-hydrogen) atoms. The molecule has 0 N–H and O–H groups in total. The molecule has 2 atom stereocenters. The molecule has 1 unspecified atom stereocenters. The Morgan fingerprint density at radius 3 is 1.64 bits per heavy atom. The third-order valence-corrected chi connectivity index (χ3v) is 9.22. The van der Waals surface area contributed by atoms with E-state index >= 15 is 0 Å². The Kier molecular flexibility index (Phi) is 4.84. The minimum Gasteiger partial charge on any atom is -0.223 e. The highest BCUT2D eigenvalue weighted by Gasteiger charge is 2.43. The van der Waals surface area contributed by atoms with Crippen molar-refractivity contribution in [3.63, 3.8) is 0 Å². The lowest BCUT2D eigenvalue weighted by Crippen LogP contribution is -2.41. The van der Waals surface area contributed by atoms with Crippen LogP contribution in [0.25, 0.3) is 0 Å². The van der Waals surface area contributed by atoms with Crippen molar-refractivity contribution in [1.29, 1.82) is 0 Å². The molecule has 0 saturated heterocycles. The fraction of sp³-hybridized carbons (Fsp3) is 0.263. The predicted octanol–water partition coefficient (Wildman–Crippen LogP) is 3.41. The molecule has 0 amide bonds. The molecule has 132 valence electrons. The van der Waals surface area contributed by atoms with Gasteiger partial charge in [-0.05, 0) is 44.0 Å². The summed E-state index contributed by atoms with van der Waals surface area (Å²) in [5.41, 5.74) is 0.906. The zero-order valence-corrected chi connectivity index (χ0v) is 15.5. The van der Waals surface area contributed by atoms with Crippen molar-refractivity contribution in [1.82, 2.24) is 0 Å². The summed E-state index contributed by atoms with van der Waals surface area (Å²) in [6.45, 7) is 1.85. The summed E-state index contributed by atoms with van der Waals surface area (Å²) in [6.07, 6.45) is 2.27. The Labute approximate surface area is 149 Å². The van der Waals surface area contributed by atoms with E-state index in [9.17, 15) is 16.8 Å². The molecule has 1 aliphatic carbocycles. The maximum atomic E-state index is 13.1. The normalized spacial score (nSPS) is 21.6. The average Bonchev–Trinajstić information content (AvgIpc) is 2.63. The Balaban J connectivity index is 2.09. The van der Waals surface area contributed by atoms with Gasteiger partial charge in [-0.1, -0.05) is 48.0 Å². The Bertz CT molecular complexity index is 976. The van der Waals surface area contributed by atoms with Crippen LogP contribution in [0.15, 0.2) is 82.1 Å². The van der Waals surface area contributed by atoms with Crippen molar-refractivity contribution in [2.24, 2.45) is 0 Å². The minimum absolute atomic E-state index is 0.168. The minimum atomic E-state index is -3.76. The monoisotopic (exact) mass is 376 g/mol. The molecular formula is C19H20O4S2. The summed E-state index contributed by atoms with van der Waals surface area (Å²) in [4.78, 5) is 0.337. The second-order valence-electron chi connectivity index (χ2n) is 6.28. The Morgan fingerprint density at radius 1 is 0.720 bits per heavy atom. The molecule has 6 heteroatoms. The SMILES string of the molecule is CC1=CC[C@@H](S(=O)(=O)c2ccccc2)C(S(=O)(=O)c2ccccc2)C1. The fourth-order valence-electron chi connectivity index (χ4n) is 3.21. The van der Waals surface area contributed by atoms with E-state index in [0.29, 0.717) is 0 Å². The van der Waals surface area contributed by atoms with Crippen LogP contribution in [-0.4, -0.2) is 27.3 Å². The second kappa shape index (κ2) is 6.77. The molecule has 2 aromatic rings. The zero-order chi connectivity index (χ0) is 18.1. The topological polar surface area (TPSA) is 68.3 Å². The maximum Gasteiger partial charge on any atom is 0.182 e. The first kappa shape index (κ1) is 17.9. The molecule has 3 rings (SSSR count). The Hall–Kier alpha value is -1.92. The van der Waals surface area contributed by atoms with Crippen molar-refractivity contribution >= 4 is 19.7 Å². The van der Waals surface area contributed by atoms with Crippen molar-refractivity contribution in [2.75, 3.05) is 0 Å². The summed E-state index contributed by atoms with van der Waals surface area (Å²) in [7, 11) is -7.50. The number of sulfone groups is 2. The van der Waals surface area contributed by atoms with Crippen molar-refractivity contribution < 1.29 is 16.8 Å². The van der Waals surface area contributed by atoms with Crippen LogP contribution >= 0.6 is 0 Å². The van der Waals surface area contributed by atoms with Gasteiger partial charge in [0, 0.05) is 0 Å². The highest BCUT2D eigenvalue weighted by Crippen LogP contribution is 2.35. The van der Waals surface area contributed by atoms with E-state index in [-0.39, 0.29) is 22.6 Å². The van der Waals surface area contributed by atoms with E-state index in [1.807, 2.05) is 13.0 Å². The first-order valence-corrected chi connectivity index (χ1v) is 11.2. The molecule has 0 fully saturated rings. The largest absolute Gasteiger partial charge is 0.223 e. The molecule has 0 bridgehead atoms. The average molecular weight is 376 g/mol. The van der Waals surface area contributed by atoms with Gasteiger partial charge in [0.15, 0.2) is 19.7 Å². The van der Waals surface area contributed by atoms with Crippen LogP contribution in [0.3, 0.4) is 0 Å². The van der Waals surface area contributed by atoms with E-state index in [2.05, 4.69) is 0 Å². The summed E-state index contributed by atoms with van der Waals surface area (Å²) in [6, 6.07) is 16.2. The Morgan fingerprint density at radius 2 is 1.16 bits per heavy atom. The third kappa shape index (κ3) is 3.41. The van der Waals surface area contributed by atoms with Crippen LogP contribution in [-0.2, 0) is 19.7 Å². The van der Waals surface area contributed by atoms with Gasteiger partial charge in [0.25, 0.3) is 0 Å². The number of hydrogen-bond donors (Lipinski definition) is 0. The summed E-state index contributed by atoms with van der Waals surface area (Å²) < 4.78 is 52.4. The summed E-state index contributed by atoms with van der Waals surface area (Å²) >= 11 is 0. The molecule has 0 heterocycles. The van der Waals surface area contributed by atoms with Gasteiger partial charge in [-0.2, -0.15) is 0 Å². The van der Waals surface area contributed by atoms with Gasteiger partial charge in [0.05, 0.1) is 20.3 Å². The standard InChI is InChI=1S/C19H20O4S2/c1-15-12-13-18(24(20,21)16-8-4-2-5-9-16)19(14-15)25(22,23)17-10-6-3-7-11-17/h2-12,18-19H,13-14H2,1H3/t18-,19?/m1/s1. The van der Waals surface area contributed by atoms with Crippen LogP contribution in [0.2, 0.25) is 0 Å². The van der Waals surface area contributed by atoms with Crippen LogP contribution < -0.4 is 0 Å². The van der Waals surface area contributed by atoms with Crippen molar-refractivity contribution in [3.05, 3.63) is 72.3 Å². The van der Waals surface area contributed by atoms with Gasteiger partial charge in [0.2, 0.25) is 0 Å². The highest BCUT2D eigenvalue weighted by atomic mass is 32.2. The smallest absolute Gasteiger partial charge is 0.182 e. The van der Waals surface area contributed by atoms with Gasteiger partial charge in [-0.25, -0.2) is 16.8 Å². The zero-order valence-electron chi connectivity index (χ0n) is 13.9. The summed E-state index contributed by atoms with van der Waals surface area (Å²) in [5.74, 6) is 0. The van der Waals surface area contributed by atoms with Gasteiger partial charge in [-0.3, -0.25) is 0 Å². The van der Waals surface area contributed by atoms with Crippen LogP contribution in [0, 0.1) is 0 Å². The molecule has 2 aromatic carbocycles. The lowest BCUT2D eigenvalue weighted by atomic mass is 10.00. The molecule has 1 aliphatic rings. The van der Waals surface area contributed by atoms with Crippen LogP contribution in [0.4, 0.5) is 0 Å². The maximum absolute atomic E-state index is 13.1. The first-order valence-electron chi connectivity index (χ1n) is 8.07. The van der Waals surface area contributed by atoms with E-state index < -0.39 is 30.2 Å². The van der Waals surface area contributed by atoms with Gasteiger partial charge >= 0.3 is 0 Å². The van der Waals surface area contributed by atoms with Crippen molar-refractivity contribution in [3.8, 4) is 0 Å². The molecular weight excluding hydrogens is 356 g/mol. The predicted molar refractivity (Wildman–Crippen MR) is 97.8 cm³/mol. The van der Waals surface area contributed by atoms with Gasteiger partial charge < -0.3 is 0 Å². The molecule has 4 nitrogen and oxygen atoms in total. The highest BCUT2D eigenvalue weighted by molar-refractivity contribution is 7.96. The van der Waals surface area contributed by atoms with Crippen molar-refractivity contribution in [2.45, 2.75) is 40.1 Å². The molecule has 0 aliphatic heterocycles. The van der Waals surface area contributed by atoms with E-state index in [1.165, 1.54) is 24.3 Å². The van der Waals surface area contributed by atoms with E-state index in [0.717, 1.165) is 5.57 Å². The quantitative estimate of drug-likeness (QED) is 0.767. The first-order chi connectivity index (χ1) is 11.8. The number of benzene rings is 2. The number of hydrogen-bond acceptors (Lipinski definition) is 4. The van der Waals surface area contributed by atoms with E-state index in [1.54, 1.807) is 36.4 Å². The lowest BCUT2D eigenvalue weighted by Gasteiger charge is -2.30. The second-order valence-corrected chi connectivity index (χ2v) is 10.6. The fourth-order valence-corrected chi connectivity index (χ4v) is 7.70. The third-order valence-electron chi connectivity index (χ3n) is 4.58. The van der Waals surface area contributed by atoms with Crippen LogP contribution in [0.1, 0.15) is 19.8 Å². The number of rotatable bonds is 4. The molecule has 0 aromatic heterocycles. The van der Waals surface area contributed by atoms with Gasteiger partial charge in [-0.15, -0.1) is 0 Å². The lowest BCUT2D eigenvalue weighted by molar-refractivity contribution is 0.541. The molecule has 0 spiro atoms. The summed E-state index contributed by atoms with van der Waals surface area (Å²) in [5, 5.41) is -1.96. The van der Waals surface area contributed by atoms with E-state index in [4.69, 9.17) is 0 Å². The molecule has 0 radical (unpaired) electrons. The van der Waals surface area contributed by atoms with Crippen LogP contribution in [0.5, 0.6) is 0 Å². The van der Waals surface area contributed by atoms with Gasteiger partial charge in [0.1, 0.15) is 0 Å². The molecule has 0 saturated carbocycles.